The quantitative estimate of drug-likeness (QED) is 0.637. The van der Waals surface area contributed by atoms with E-state index in [2.05, 4.69) is 10.5 Å². The summed E-state index contributed by atoms with van der Waals surface area (Å²) >= 11 is 0. The van der Waals surface area contributed by atoms with Crippen LogP contribution in [0, 0.1) is 4.91 Å². The zero-order valence-electron chi connectivity index (χ0n) is 8.06. The van der Waals surface area contributed by atoms with Gasteiger partial charge in [-0.3, -0.25) is 4.79 Å². The Morgan fingerprint density at radius 2 is 2.43 bits per heavy atom. The molecule has 1 heterocycles. The molecule has 0 aromatic rings. The average Bonchev–Trinajstić information content (AvgIpc) is 2.63. The fourth-order valence-electron chi connectivity index (χ4n) is 1.21. The van der Waals surface area contributed by atoms with Crippen molar-refractivity contribution < 1.29 is 14.3 Å². The van der Waals surface area contributed by atoms with E-state index in [1.165, 1.54) is 0 Å². The Hall–Kier alpha value is -1.01. The Labute approximate surface area is 81.9 Å². The van der Waals surface area contributed by atoms with Gasteiger partial charge in [-0.2, -0.15) is 4.91 Å². The molecule has 14 heavy (non-hydrogen) atoms. The Balaban J connectivity index is 2.15. The van der Waals surface area contributed by atoms with Crippen molar-refractivity contribution >= 4 is 5.91 Å². The summed E-state index contributed by atoms with van der Waals surface area (Å²) < 4.78 is 10.5. The molecule has 80 valence electrons. The first-order chi connectivity index (χ1) is 6.76. The molecule has 1 fully saturated rings. The third-order valence-corrected chi connectivity index (χ3v) is 1.98. The van der Waals surface area contributed by atoms with Gasteiger partial charge in [-0.05, 0) is 0 Å². The van der Waals surface area contributed by atoms with E-state index in [0.29, 0.717) is 19.4 Å². The van der Waals surface area contributed by atoms with Gasteiger partial charge in [0.2, 0.25) is 5.91 Å². The van der Waals surface area contributed by atoms with Gasteiger partial charge < -0.3 is 14.8 Å². The molecule has 2 unspecified atom stereocenters. The Bertz CT molecular complexity index is 210. The van der Waals surface area contributed by atoms with Crippen molar-refractivity contribution in [3.8, 4) is 0 Å². The van der Waals surface area contributed by atoms with Crippen molar-refractivity contribution in [1.29, 1.82) is 0 Å². The van der Waals surface area contributed by atoms with Gasteiger partial charge in [-0.25, -0.2) is 0 Å². The number of ether oxygens (including phenoxy) is 2. The molecule has 0 saturated carbocycles. The van der Waals surface area contributed by atoms with Gasteiger partial charge in [0.15, 0.2) is 6.29 Å². The second kappa shape index (κ2) is 5.66. The lowest BCUT2D eigenvalue weighted by Gasteiger charge is -2.08. The molecule has 1 saturated heterocycles. The smallest absolute Gasteiger partial charge is 0.219 e. The minimum Gasteiger partial charge on any atom is -0.359 e. The van der Waals surface area contributed by atoms with E-state index in [0.717, 1.165) is 0 Å². The molecule has 6 heteroatoms. The molecule has 2 atom stereocenters. The Morgan fingerprint density at radius 3 is 3.07 bits per heavy atom. The van der Waals surface area contributed by atoms with Crippen LogP contribution in [0.15, 0.2) is 5.18 Å². The first-order valence-corrected chi connectivity index (χ1v) is 4.53. The van der Waals surface area contributed by atoms with Crippen molar-refractivity contribution in [2.24, 2.45) is 5.18 Å². The molecule has 0 aliphatic carbocycles. The maximum Gasteiger partial charge on any atom is 0.219 e. The van der Waals surface area contributed by atoms with Crippen LogP contribution in [0.5, 0.6) is 0 Å². The molecular formula is C8H14N2O4. The van der Waals surface area contributed by atoms with E-state index in [-0.39, 0.29) is 24.8 Å². The van der Waals surface area contributed by atoms with E-state index >= 15 is 0 Å². The van der Waals surface area contributed by atoms with E-state index in [1.54, 1.807) is 7.05 Å². The summed E-state index contributed by atoms with van der Waals surface area (Å²) in [6.45, 7) is 0.487. The molecule has 6 nitrogen and oxygen atoms in total. The van der Waals surface area contributed by atoms with Gasteiger partial charge in [-0.15, -0.1) is 0 Å². The van der Waals surface area contributed by atoms with Crippen LogP contribution in [-0.4, -0.2) is 38.5 Å². The lowest BCUT2D eigenvalue weighted by atomic mass is 10.3. The molecule has 1 aliphatic heterocycles. The highest BCUT2D eigenvalue weighted by atomic mass is 16.7. The normalized spacial score (nSPS) is 26.1. The predicted molar refractivity (Wildman–Crippen MR) is 48.6 cm³/mol. The van der Waals surface area contributed by atoms with Crippen LogP contribution < -0.4 is 5.32 Å². The summed E-state index contributed by atoms with van der Waals surface area (Å²) in [5.74, 6) is -0.0471. The fraction of sp³-hybridized carbons (Fsp3) is 0.875. The van der Waals surface area contributed by atoms with Crippen molar-refractivity contribution in [2.75, 3.05) is 20.2 Å². The maximum absolute atomic E-state index is 10.9. The topological polar surface area (TPSA) is 77.0 Å². The number of amides is 1. The third-order valence-electron chi connectivity index (χ3n) is 1.98. The number of nitrogens with one attached hydrogen (secondary N) is 1. The summed E-state index contributed by atoms with van der Waals surface area (Å²) in [6.07, 6.45) is 0.249. The second-order valence-electron chi connectivity index (χ2n) is 3.04. The highest BCUT2D eigenvalue weighted by Gasteiger charge is 2.26. The lowest BCUT2D eigenvalue weighted by molar-refractivity contribution is -0.123. The van der Waals surface area contributed by atoms with Crippen LogP contribution in [0.25, 0.3) is 0 Å². The van der Waals surface area contributed by atoms with E-state index < -0.39 is 0 Å². The lowest BCUT2D eigenvalue weighted by Crippen LogP contribution is -2.21. The highest BCUT2D eigenvalue weighted by molar-refractivity contribution is 5.75. The van der Waals surface area contributed by atoms with Gasteiger partial charge >= 0.3 is 0 Å². The van der Waals surface area contributed by atoms with Crippen LogP contribution in [0.1, 0.15) is 12.8 Å². The number of hydrogen-bond donors (Lipinski definition) is 1. The molecule has 1 N–H and O–H groups in total. The van der Waals surface area contributed by atoms with Gasteiger partial charge in [0.25, 0.3) is 0 Å². The number of nitroso groups, excluding NO2 is 1. The van der Waals surface area contributed by atoms with E-state index in [9.17, 15) is 9.70 Å². The molecule has 1 rings (SSSR count). The maximum atomic E-state index is 10.9. The zero-order chi connectivity index (χ0) is 10.4. The molecule has 0 spiro atoms. The first kappa shape index (κ1) is 11.1. The summed E-state index contributed by atoms with van der Waals surface area (Å²) in [5.41, 5.74) is 0. The van der Waals surface area contributed by atoms with Crippen LogP contribution in [0.2, 0.25) is 0 Å². The number of carbonyl (C=O) groups is 1. The SMILES string of the molecule is CNC(=O)CCC1OCC(CN=O)O1. The van der Waals surface area contributed by atoms with Crippen molar-refractivity contribution in [3.63, 3.8) is 0 Å². The molecule has 0 aromatic heterocycles. The summed E-state index contributed by atoms with van der Waals surface area (Å²) in [7, 11) is 1.58. The summed E-state index contributed by atoms with van der Waals surface area (Å²) in [5, 5.41) is 5.24. The molecule has 0 aromatic carbocycles. The van der Waals surface area contributed by atoms with Gasteiger partial charge in [0.1, 0.15) is 12.6 Å². The van der Waals surface area contributed by atoms with Crippen molar-refractivity contribution in [1.82, 2.24) is 5.32 Å². The largest absolute Gasteiger partial charge is 0.359 e. The first-order valence-electron chi connectivity index (χ1n) is 4.53. The minimum atomic E-state index is -0.376. The van der Waals surface area contributed by atoms with E-state index in [4.69, 9.17) is 9.47 Å². The number of hydrogen-bond acceptors (Lipinski definition) is 5. The molecule has 0 bridgehead atoms. The molecule has 1 amide bonds. The zero-order valence-corrected chi connectivity index (χ0v) is 8.06. The molecule has 1 aliphatic rings. The van der Waals surface area contributed by atoms with Crippen LogP contribution >= 0.6 is 0 Å². The predicted octanol–water partition coefficient (Wildman–Crippen LogP) is 0.0205. The Morgan fingerprint density at radius 1 is 1.64 bits per heavy atom. The van der Waals surface area contributed by atoms with E-state index in [1.807, 2.05) is 0 Å². The number of carbonyl (C=O) groups excluding carboxylic acids is 1. The van der Waals surface area contributed by atoms with Gasteiger partial charge in [0, 0.05) is 19.9 Å². The average molecular weight is 202 g/mol. The highest BCUT2D eigenvalue weighted by Crippen LogP contribution is 2.16. The third kappa shape index (κ3) is 3.39. The minimum absolute atomic E-state index is 0.0471. The fourth-order valence-corrected chi connectivity index (χ4v) is 1.21. The molecular weight excluding hydrogens is 188 g/mol. The number of nitrogens with zero attached hydrogens (tertiary/aromatic N) is 1. The summed E-state index contributed by atoms with van der Waals surface area (Å²) in [6, 6.07) is 0. The standard InChI is InChI=1S/C8H14N2O4/c1-9-7(11)2-3-8-13-5-6(14-8)4-10-12/h6,8H,2-5H2,1H3,(H,9,11). The van der Waals surface area contributed by atoms with Crippen LogP contribution in [0.3, 0.4) is 0 Å². The van der Waals surface area contributed by atoms with Gasteiger partial charge in [0.05, 0.1) is 6.61 Å². The van der Waals surface area contributed by atoms with Crippen LogP contribution in [0.4, 0.5) is 0 Å². The van der Waals surface area contributed by atoms with Crippen molar-refractivity contribution in [3.05, 3.63) is 4.91 Å². The second-order valence-corrected chi connectivity index (χ2v) is 3.04. The summed E-state index contributed by atoms with van der Waals surface area (Å²) in [4.78, 5) is 20.8. The number of rotatable bonds is 5. The monoisotopic (exact) mass is 202 g/mol. The Kier molecular flexibility index (Phi) is 4.48. The van der Waals surface area contributed by atoms with Crippen molar-refractivity contribution in [2.45, 2.75) is 25.2 Å². The van der Waals surface area contributed by atoms with Gasteiger partial charge in [-0.1, -0.05) is 5.18 Å². The molecule has 0 radical (unpaired) electrons. The van der Waals surface area contributed by atoms with Crippen LogP contribution in [-0.2, 0) is 14.3 Å².